The molecule has 1 rings (SSSR count). The summed E-state index contributed by atoms with van der Waals surface area (Å²) in [6, 6.07) is 2.03. The number of pyridine rings is 1. The molecule has 0 fully saturated rings. The Morgan fingerprint density at radius 2 is 2.09 bits per heavy atom. The number of aromatic nitrogens is 1. The van der Waals surface area contributed by atoms with Crippen molar-refractivity contribution < 1.29 is 0 Å². The van der Waals surface area contributed by atoms with E-state index in [4.69, 9.17) is 11.6 Å². The molecule has 0 amide bonds. The minimum Gasteiger partial charge on any atom is -0.259 e. The number of halogens is 1. The molecule has 0 bridgehead atoms. The van der Waals surface area contributed by atoms with Crippen molar-refractivity contribution in [2.24, 2.45) is 0 Å². The molecular weight excluding hydrogens is 158 g/mol. The van der Waals surface area contributed by atoms with Gasteiger partial charge in [-0.3, -0.25) is 4.98 Å². The van der Waals surface area contributed by atoms with Crippen molar-refractivity contribution >= 4 is 11.6 Å². The third kappa shape index (κ3) is 1.93. The highest BCUT2D eigenvalue weighted by molar-refractivity contribution is 6.31. The maximum absolute atomic E-state index is 5.82. The van der Waals surface area contributed by atoms with Gasteiger partial charge in [-0.15, -0.1) is 0 Å². The van der Waals surface area contributed by atoms with Gasteiger partial charge >= 0.3 is 0 Å². The van der Waals surface area contributed by atoms with Crippen LogP contribution in [0.5, 0.6) is 0 Å². The van der Waals surface area contributed by atoms with Crippen LogP contribution in [0.2, 0.25) is 5.02 Å². The van der Waals surface area contributed by atoms with Crippen LogP contribution in [0, 0.1) is 6.92 Å². The third-order valence-electron chi connectivity index (χ3n) is 1.66. The molecule has 0 unspecified atom stereocenters. The average Bonchev–Trinajstić information content (AvgIpc) is 1.94. The highest BCUT2D eigenvalue weighted by Crippen LogP contribution is 2.18. The number of hydrogen-bond donors (Lipinski definition) is 0. The van der Waals surface area contributed by atoms with Gasteiger partial charge in [0.2, 0.25) is 0 Å². The molecule has 11 heavy (non-hydrogen) atoms. The van der Waals surface area contributed by atoms with E-state index in [1.54, 1.807) is 6.20 Å². The molecule has 0 aromatic carbocycles. The largest absolute Gasteiger partial charge is 0.259 e. The second-order valence-corrected chi connectivity index (χ2v) is 3.42. The molecule has 2 heteroatoms. The van der Waals surface area contributed by atoms with Crippen molar-refractivity contribution in [2.45, 2.75) is 26.7 Å². The first-order chi connectivity index (χ1) is 5.11. The predicted octanol–water partition coefficient (Wildman–Crippen LogP) is 3.17. The molecule has 0 aliphatic heterocycles. The van der Waals surface area contributed by atoms with Gasteiger partial charge in [0.1, 0.15) is 0 Å². The summed E-state index contributed by atoms with van der Waals surface area (Å²) in [7, 11) is 0. The first kappa shape index (κ1) is 8.54. The van der Waals surface area contributed by atoms with Crippen LogP contribution in [0.15, 0.2) is 12.3 Å². The van der Waals surface area contributed by atoms with Gasteiger partial charge in [-0.05, 0) is 24.5 Å². The molecule has 0 saturated carbocycles. The molecule has 0 atom stereocenters. The second kappa shape index (κ2) is 3.22. The fourth-order valence-corrected chi connectivity index (χ4v) is 0.980. The van der Waals surface area contributed by atoms with Crippen molar-refractivity contribution in [1.82, 2.24) is 4.98 Å². The lowest BCUT2D eigenvalue weighted by Gasteiger charge is -2.05. The zero-order valence-electron chi connectivity index (χ0n) is 7.06. The molecule has 0 aliphatic carbocycles. The van der Waals surface area contributed by atoms with E-state index in [1.807, 2.05) is 13.0 Å². The van der Waals surface area contributed by atoms with Crippen LogP contribution in [-0.4, -0.2) is 4.98 Å². The molecule has 0 saturated heterocycles. The Kier molecular flexibility index (Phi) is 2.50. The Hall–Kier alpha value is -0.560. The number of aryl methyl sites for hydroxylation is 1. The molecule has 0 spiro atoms. The molecular formula is C9H12ClN. The van der Waals surface area contributed by atoms with Crippen LogP contribution in [0.1, 0.15) is 31.0 Å². The zero-order chi connectivity index (χ0) is 8.43. The van der Waals surface area contributed by atoms with Crippen LogP contribution in [0.3, 0.4) is 0 Å². The minimum atomic E-state index is 0.478. The van der Waals surface area contributed by atoms with Crippen molar-refractivity contribution in [3.05, 3.63) is 28.5 Å². The minimum absolute atomic E-state index is 0.478. The Balaban J connectivity index is 3.05. The smallest absolute Gasteiger partial charge is 0.0618 e. The molecule has 0 N–H and O–H groups in total. The molecule has 0 radical (unpaired) electrons. The summed E-state index contributed by atoms with van der Waals surface area (Å²) in [6.07, 6.45) is 1.71. The van der Waals surface area contributed by atoms with Gasteiger partial charge in [-0.2, -0.15) is 0 Å². The summed E-state index contributed by atoms with van der Waals surface area (Å²) in [5.41, 5.74) is 2.21. The lowest BCUT2D eigenvalue weighted by Crippen LogP contribution is -1.92. The van der Waals surface area contributed by atoms with E-state index in [9.17, 15) is 0 Å². The van der Waals surface area contributed by atoms with Crippen molar-refractivity contribution in [1.29, 1.82) is 0 Å². The highest BCUT2D eigenvalue weighted by Gasteiger charge is 2.02. The van der Waals surface area contributed by atoms with E-state index in [1.165, 1.54) is 0 Å². The molecule has 60 valence electrons. The Bertz CT molecular complexity index is 256. The topological polar surface area (TPSA) is 12.9 Å². The summed E-state index contributed by atoms with van der Waals surface area (Å²) in [5.74, 6) is 0.478. The molecule has 1 nitrogen and oxygen atoms in total. The SMILES string of the molecule is Cc1cc(C(C)C)ncc1Cl. The molecule has 1 aromatic heterocycles. The van der Waals surface area contributed by atoms with Gasteiger partial charge in [-0.25, -0.2) is 0 Å². The monoisotopic (exact) mass is 169 g/mol. The second-order valence-electron chi connectivity index (χ2n) is 3.01. The van der Waals surface area contributed by atoms with E-state index in [0.29, 0.717) is 5.92 Å². The molecule has 0 aliphatic rings. The number of rotatable bonds is 1. The first-order valence-corrected chi connectivity index (χ1v) is 4.11. The van der Waals surface area contributed by atoms with Gasteiger partial charge in [0.25, 0.3) is 0 Å². The third-order valence-corrected chi connectivity index (χ3v) is 2.06. The van der Waals surface area contributed by atoms with Gasteiger partial charge < -0.3 is 0 Å². The van der Waals surface area contributed by atoms with Crippen LogP contribution >= 0.6 is 11.6 Å². The van der Waals surface area contributed by atoms with Crippen molar-refractivity contribution in [3.63, 3.8) is 0 Å². The summed E-state index contributed by atoms with van der Waals surface area (Å²) in [6.45, 7) is 6.24. The summed E-state index contributed by atoms with van der Waals surface area (Å²) in [5, 5.41) is 0.745. The first-order valence-electron chi connectivity index (χ1n) is 3.73. The summed E-state index contributed by atoms with van der Waals surface area (Å²) < 4.78 is 0. The molecule has 1 heterocycles. The van der Waals surface area contributed by atoms with Gasteiger partial charge in [-0.1, -0.05) is 25.4 Å². The zero-order valence-corrected chi connectivity index (χ0v) is 7.81. The van der Waals surface area contributed by atoms with E-state index >= 15 is 0 Å². The van der Waals surface area contributed by atoms with Crippen LogP contribution in [0.25, 0.3) is 0 Å². The van der Waals surface area contributed by atoms with Crippen molar-refractivity contribution in [3.8, 4) is 0 Å². The van der Waals surface area contributed by atoms with E-state index < -0.39 is 0 Å². The fraction of sp³-hybridized carbons (Fsp3) is 0.444. The standard InChI is InChI=1S/C9H12ClN/c1-6(2)9-4-7(3)8(10)5-11-9/h4-6H,1-3H3. The molecule has 1 aromatic rings. The van der Waals surface area contributed by atoms with E-state index in [2.05, 4.69) is 18.8 Å². The Morgan fingerprint density at radius 3 is 2.55 bits per heavy atom. The Labute approximate surface area is 72.4 Å². The lowest BCUT2D eigenvalue weighted by atomic mass is 10.1. The van der Waals surface area contributed by atoms with Gasteiger partial charge in [0.05, 0.1) is 5.02 Å². The highest BCUT2D eigenvalue weighted by atomic mass is 35.5. The van der Waals surface area contributed by atoms with Crippen molar-refractivity contribution in [2.75, 3.05) is 0 Å². The quantitative estimate of drug-likeness (QED) is 0.630. The predicted molar refractivity (Wildman–Crippen MR) is 48.1 cm³/mol. The summed E-state index contributed by atoms with van der Waals surface area (Å²) >= 11 is 5.82. The van der Waals surface area contributed by atoms with Gasteiger partial charge in [0.15, 0.2) is 0 Å². The van der Waals surface area contributed by atoms with E-state index in [0.717, 1.165) is 16.3 Å². The lowest BCUT2D eigenvalue weighted by molar-refractivity contribution is 0.820. The van der Waals surface area contributed by atoms with Crippen LogP contribution < -0.4 is 0 Å². The van der Waals surface area contributed by atoms with Crippen LogP contribution in [-0.2, 0) is 0 Å². The number of nitrogens with zero attached hydrogens (tertiary/aromatic N) is 1. The van der Waals surface area contributed by atoms with Gasteiger partial charge in [0, 0.05) is 11.9 Å². The fourth-order valence-electron chi connectivity index (χ4n) is 0.877. The maximum atomic E-state index is 5.82. The van der Waals surface area contributed by atoms with E-state index in [-0.39, 0.29) is 0 Å². The Morgan fingerprint density at radius 1 is 1.45 bits per heavy atom. The summed E-state index contributed by atoms with van der Waals surface area (Å²) in [4.78, 5) is 4.21. The normalized spacial score (nSPS) is 10.6. The number of hydrogen-bond acceptors (Lipinski definition) is 1. The average molecular weight is 170 g/mol. The van der Waals surface area contributed by atoms with Crippen LogP contribution in [0.4, 0.5) is 0 Å². The maximum Gasteiger partial charge on any atom is 0.0618 e.